The van der Waals surface area contributed by atoms with Gasteiger partial charge in [0.05, 0.1) is 0 Å². The fourth-order valence-electron chi connectivity index (χ4n) is 1.47. The maximum Gasteiger partial charge on any atom is 0.414 e. The van der Waals surface area contributed by atoms with Crippen LogP contribution in [0, 0.1) is 0 Å². The summed E-state index contributed by atoms with van der Waals surface area (Å²) in [5.41, 5.74) is 2.04. The van der Waals surface area contributed by atoms with Crippen molar-refractivity contribution in [2.75, 3.05) is 0 Å². The number of hydrogen-bond donors (Lipinski definition) is 2. The molecule has 0 aromatic heterocycles. The maximum absolute atomic E-state index is 11.4. The Labute approximate surface area is 123 Å². The predicted molar refractivity (Wildman–Crippen MR) is 79.9 cm³/mol. The minimum atomic E-state index is -1.82. The second kappa shape index (κ2) is 10.4. The molecule has 0 aliphatic rings. The van der Waals surface area contributed by atoms with E-state index in [0.29, 0.717) is 0 Å². The number of Topliss-reactive ketones (excluding diaryl/α,β-unsaturated/α-hetero) is 1. The van der Waals surface area contributed by atoms with Gasteiger partial charge < -0.3 is 10.2 Å². The molecular weight excluding hydrogens is 272 g/mol. The van der Waals surface area contributed by atoms with Gasteiger partial charge in [-0.3, -0.25) is 4.79 Å². The Morgan fingerprint density at radius 1 is 1.05 bits per heavy atom. The monoisotopic (exact) mass is 292 g/mol. The van der Waals surface area contributed by atoms with Crippen molar-refractivity contribution in [2.24, 2.45) is 0 Å². The van der Waals surface area contributed by atoms with Crippen LogP contribution in [0.2, 0.25) is 0 Å². The minimum absolute atomic E-state index is 0.187. The van der Waals surface area contributed by atoms with Crippen LogP contribution in [0.3, 0.4) is 0 Å². The first-order valence-electron chi connectivity index (χ1n) is 6.61. The number of carboxylic acid groups (broad SMARTS) is 2. The predicted octanol–water partition coefficient (Wildman–Crippen LogP) is 3.00. The molecule has 21 heavy (non-hydrogen) atoms. The van der Waals surface area contributed by atoms with Crippen molar-refractivity contribution in [2.45, 2.75) is 33.1 Å². The largest absolute Gasteiger partial charge is 0.473 e. The second-order valence-corrected chi connectivity index (χ2v) is 4.35. The highest BCUT2D eigenvalue weighted by molar-refractivity contribution is 6.27. The molecule has 1 rings (SSSR count). The minimum Gasteiger partial charge on any atom is -0.473 e. The Balaban J connectivity index is 0.000000567. The van der Waals surface area contributed by atoms with Gasteiger partial charge in [-0.25, -0.2) is 9.59 Å². The summed E-state index contributed by atoms with van der Waals surface area (Å²) in [7, 11) is 0. The standard InChI is InChI=1S/C14H18O.C2H2O4/c1-3-4-10-14(12(2)15)11-13-8-6-5-7-9-13;3-1(4)2(5)6/h5-9,11H,3-4,10H2,1-2H3;(H,3,4)(H,5,6). The van der Waals surface area contributed by atoms with Crippen molar-refractivity contribution in [3.63, 3.8) is 0 Å². The second-order valence-electron chi connectivity index (χ2n) is 4.35. The molecule has 0 aliphatic heterocycles. The van der Waals surface area contributed by atoms with Crippen molar-refractivity contribution >= 4 is 23.8 Å². The van der Waals surface area contributed by atoms with Gasteiger partial charge in [0.1, 0.15) is 0 Å². The zero-order valence-electron chi connectivity index (χ0n) is 12.2. The van der Waals surface area contributed by atoms with E-state index in [-0.39, 0.29) is 5.78 Å². The molecule has 0 unspecified atom stereocenters. The van der Waals surface area contributed by atoms with Crippen LogP contribution in [0.25, 0.3) is 6.08 Å². The van der Waals surface area contributed by atoms with Crippen LogP contribution < -0.4 is 0 Å². The summed E-state index contributed by atoms with van der Waals surface area (Å²) in [5.74, 6) is -3.46. The fraction of sp³-hybridized carbons (Fsp3) is 0.312. The molecule has 1 aromatic carbocycles. The van der Waals surface area contributed by atoms with Gasteiger partial charge in [0.15, 0.2) is 5.78 Å². The molecule has 0 saturated heterocycles. The molecular formula is C16H20O5. The van der Waals surface area contributed by atoms with Gasteiger partial charge in [0.2, 0.25) is 0 Å². The number of rotatable bonds is 5. The van der Waals surface area contributed by atoms with E-state index in [0.717, 1.165) is 30.4 Å². The molecule has 0 heterocycles. The van der Waals surface area contributed by atoms with Gasteiger partial charge in [0.25, 0.3) is 0 Å². The number of ketones is 1. The Morgan fingerprint density at radius 3 is 1.95 bits per heavy atom. The summed E-state index contributed by atoms with van der Waals surface area (Å²) in [6.45, 7) is 3.78. The quantitative estimate of drug-likeness (QED) is 0.643. The lowest BCUT2D eigenvalue weighted by Gasteiger charge is -2.02. The van der Waals surface area contributed by atoms with Gasteiger partial charge in [-0.1, -0.05) is 43.7 Å². The number of hydrogen-bond acceptors (Lipinski definition) is 3. The van der Waals surface area contributed by atoms with Crippen LogP contribution in [0.5, 0.6) is 0 Å². The fourth-order valence-corrected chi connectivity index (χ4v) is 1.47. The van der Waals surface area contributed by atoms with E-state index >= 15 is 0 Å². The highest BCUT2D eigenvalue weighted by Crippen LogP contribution is 2.13. The van der Waals surface area contributed by atoms with Crippen molar-refractivity contribution in [3.8, 4) is 0 Å². The first-order chi connectivity index (χ1) is 9.88. The highest BCUT2D eigenvalue weighted by atomic mass is 16.4. The molecule has 0 spiro atoms. The topological polar surface area (TPSA) is 91.7 Å². The molecule has 0 radical (unpaired) electrons. The van der Waals surface area contributed by atoms with Crippen LogP contribution >= 0.6 is 0 Å². The number of benzene rings is 1. The lowest BCUT2D eigenvalue weighted by molar-refractivity contribution is -0.159. The third-order valence-corrected chi connectivity index (χ3v) is 2.58. The molecule has 0 atom stereocenters. The van der Waals surface area contributed by atoms with Crippen LogP contribution in [0.15, 0.2) is 35.9 Å². The number of aliphatic carboxylic acids is 2. The molecule has 0 saturated carbocycles. The third kappa shape index (κ3) is 9.15. The van der Waals surface area contributed by atoms with Crippen molar-refractivity contribution in [3.05, 3.63) is 41.5 Å². The van der Waals surface area contributed by atoms with Crippen molar-refractivity contribution in [1.82, 2.24) is 0 Å². The van der Waals surface area contributed by atoms with Gasteiger partial charge in [0, 0.05) is 0 Å². The zero-order valence-corrected chi connectivity index (χ0v) is 12.2. The van der Waals surface area contributed by atoms with Gasteiger partial charge >= 0.3 is 11.9 Å². The molecule has 1 aromatic rings. The number of carbonyl (C=O) groups is 3. The van der Waals surface area contributed by atoms with Crippen molar-refractivity contribution in [1.29, 1.82) is 0 Å². The zero-order chi connectivity index (χ0) is 16.3. The average molecular weight is 292 g/mol. The molecule has 0 amide bonds. The third-order valence-electron chi connectivity index (χ3n) is 2.58. The lowest BCUT2D eigenvalue weighted by Crippen LogP contribution is -2.09. The van der Waals surface area contributed by atoms with Gasteiger partial charge in [-0.2, -0.15) is 0 Å². The van der Waals surface area contributed by atoms with E-state index in [1.165, 1.54) is 0 Å². The van der Waals surface area contributed by atoms with Crippen LogP contribution in [0.1, 0.15) is 38.7 Å². The van der Waals surface area contributed by atoms with E-state index in [2.05, 4.69) is 6.92 Å². The highest BCUT2D eigenvalue weighted by Gasteiger charge is 2.04. The summed E-state index contributed by atoms with van der Waals surface area (Å²) < 4.78 is 0. The molecule has 0 fully saturated rings. The summed E-state index contributed by atoms with van der Waals surface area (Å²) in [4.78, 5) is 29.6. The Kier molecular flexibility index (Phi) is 9.17. The summed E-state index contributed by atoms with van der Waals surface area (Å²) in [6, 6.07) is 10.0. The SMILES string of the molecule is CCCCC(=Cc1ccccc1)C(C)=O.O=C(O)C(=O)O. The van der Waals surface area contributed by atoms with E-state index in [1.54, 1.807) is 6.92 Å². The first-order valence-corrected chi connectivity index (χ1v) is 6.61. The van der Waals surface area contributed by atoms with E-state index < -0.39 is 11.9 Å². The van der Waals surface area contributed by atoms with E-state index in [9.17, 15) is 4.79 Å². The molecule has 0 aliphatic carbocycles. The van der Waals surface area contributed by atoms with Crippen molar-refractivity contribution < 1.29 is 24.6 Å². The number of unbranched alkanes of at least 4 members (excludes halogenated alkanes) is 1. The molecule has 2 N–H and O–H groups in total. The Morgan fingerprint density at radius 2 is 1.57 bits per heavy atom. The van der Waals surface area contributed by atoms with Gasteiger partial charge in [-0.05, 0) is 37.0 Å². The maximum atomic E-state index is 11.4. The lowest BCUT2D eigenvalue weighted by atomic mass is 10.0. The van der Waals surface area contributed by atoms with Crippen LogP contribution in [-0.2, 0) is 14.4 Å². The first kappa shape index (κ1) is 18.6. The van der Waals surface area contributed by atoms with Gasteiger partial charge in [-0.15, -0.1) is 0 Å². The van der Waals surface area contributed by atoms with Crippen LogP contribution in [0.4, 0.5) is 0 Å². The smallest absolute Gasteiger partial charge is 0.414 e. The Bertz CT molecular complexity index is 491. The normalized spacial score (nSPS) is 10.3. The molecule has 5 heteroatoms. The van der Waals surface area contributed by atoms with E-state index in [4.69, 9.17) is 19.8 Å². The van der Waals surface area contributed by atoms with Crippen LogP contribution in [-0.4, -0.2) is 27.9 Å². The number of carbonyl (C=O) groups excluding carboxylic acids is 1. The summed E-state index contributed by atoms with van der Waals surface area (Å²) in [5, 5.41) is 14.8. The Hall–Kier alpha value is -2.43. The molecule has 114 valence electrons. The summed E-state index contributed by atoms with van der Waals surface area (Å²) >= 11 is 0. The van der Waals surface area contributed by atoms with E-state index in [1.807, 2.05) is 36.4 Å². The molecule has 5 nitrogen and oxygen atoms in total. The number of carboxylic acids is 2. The summed E-state index contributed by atoms with van der Waals surface area (Å²) in [6.07, 6.45) is 5.09. The number of allylic oxidation sites excluding steroid dienone is 1. The molecule has 0 bridgehead atoms. The average Bonchev–Trinajstić information content (AvgIpc) is 2.44.